The van der Waals surface area contributed by atoms with Crippen molar-refractivity contribution in [3.8, 4) is 0 Å². The zero-order chi connectivity index (χ0) is 16.4. The average molecular weight is 359 g/mol. The van der Waals surface area contributed by atoms with Gasteiger partial charge < -0.3 is 10.2 Å². The van der Waals surface area contributed by atoms with Crippen LogP contribution in [-0.2, 0) is 4.79 Å². The third-order valence-corrected chi connectivity index (χ3v) is 5.21. The van der Waals surface area contributed by atoms with Crippen LogP contribution in [0.2, 0.25) is 0 Å². The molecular weight excluding hydrogens is 334 g/mol. The van der Waals surface area contributed by atoms with Crippen molar-refractivity contribution < 1.29 is 13.6 Å². The maximum absolute atomic E-state index is 13.8. The number of piperidine rings is 1. The minimum absolute atomic E-state index is 0. The summed E-state index contributed by atoms with van der Waals surface area (Å²) in [4.78, 5) is 14.4. The zero-order valence-electron chi connectivity index (χ0n) is 13.9. The van der Waals surface area contributed by atoms with Gasteiger partial charge in [0.1, 0.15) is 11.6 Å². The molecule has 1 saturated heterocycles. The van der Waals surface area contributed by atoms with E-state index in [0.29, 0.717) is 12.3 Å². The molecule has 1 saturated carbocycles. The highest BCUT2D eigenvalue weighted by molar-refractivity contribution is 5.85. The van der Waals surface area contributed by atoms with Crippen molar-refractivity contribution in [2.24, 2.45) is 11.8 Å². The van der Waals surface area contributed by atoms with Gasteiger partial charge in [0, 0.05) is 30.5 Å². The van der Waals surface area contributed by atoms with E-state index in [0.717, 1.165) is 38.9 Å². The fraction of sp³-hybridized carbons (Fsp3) is 0.611. The summed E-state index contributed by atoms with van der Waals surface area (Å²) in [6, 6.07) is 3.90. The second-order valence-electron chi connectivity index (χ2n) is 6.74. The van der Waals surface area contributed by atoms with Crippen LogP contribution in [0.25, 0.3) is 0 Å². The number of nitrogens with zero attached hydrogens (tertiary/aromatic N) is 1. The Labute approximate surface area is 148 Å². The average Bonchev–Trinajstić information content (AvgIpc) is 3.33. The summed E-state index contributed by atoms with van der Waals surface area (Å²) in [6.45, 7) is 2.56. The molecule has 6 heteroatoms. The number of benzene rings is 1. The molecule has 0 bridgehead atoms. The smallest absolute Gasteiger partial charge is 0.226 e. The third-order valence-electron chi connectivity index (χ3n) is 5.21. The molecule has 0 radical (unpaired) electrons. The number of likely N-dealkylation sites (tertiary alicyclic amines) is 1. The number of hydrogen-bond donors (Lipinski definition) is 1. The highest BCUT2D eigenvalue weighted by Crippen LogP contribution is 2.50. The molecule has 2 unspecified atom stereocenters. The maximum Gasteiger partial charge on any atom is 0.226 e. The molecule has 1 aliphatic heterocycles. The number of hydrogen-bond acceptors (Lipinski definition) is 2. The van der Waals surface area contributed by atoms with E-state index in [1.165, 1.54) is 18.2 Å². The van der Waals surface area contributed by atoms with Gasteiger partial charge in [-0.1, -0.05) is 6.07 Å². The van der Waals surface area contributed by atoms with E-state index >= 15 is 0 Å². The lowest BCUT2D eigenvalue weighted by Gasteiger charge is -2.32. The highest BCUT2D eigenvalue weighted by Gasteiger charge is 2.48. The van der Waals surface area contributed by atoms with E-state index < -0.39 is 11.6 Å². The fourth-order valence-corrected chi connectivity index (χ4v) is 3.68. The van der Waals surface area contributed by atoms with Gasteiger partial charge in [-0.3, -0.25) is 4.79 Å². The summed E-state index contributed by atoms with van der Waals surface area (Å²) in [7, 11) is 1.95. The van der Waals surface area contributed by atoms with E-state index in [9.17, 15) is 13.6 Å². The highest BCUT2D eigenvalue weighted by atomic mass is 35.5. The maximum atomic E-state index is 13.8. The molecule has 1 aliphatic carbocycles. The summed E-state index contributed by atoms with van der Waals surface area (Å²) in [5.74, 6) is -0.844. The lowest BCUT2D eigenvalue weighted by atomic mass is 9.93. The molecule has 3 rings (SSSR count). The Morgan fingerprint density at radius 2 is 1.88 bits per heavy atom. The minimum Gasteiger partial charge on any atom is -0.342 e. The lowest BCUT2D eigenvalue weighted by Crippen LogP contribution is -2.40. The van der Waals surface area contributed by atoms with Crippen LogP contribution in [0.5, 0.6) is 0 Å². The van der Waals surface area contributed by atoms with Crippen molar-refractivity contribution in [2.75, 3.05) is 26.7 Å². The van der Waals surface area contributed by atoms with Crippen molar-refractivity contribution in [1.29, 1.82) is 0 Å². The first-order valence-electron chi connectivity index (χ1n) is 8.49. The largest absolute Gasteiger partial charge is 0.342 e. The number of carbonyl (C=O) groups is 1. The van der Waals surface area contributed by atoms with Crippen molar-refractivity contribution in [3.63, 3.8) is 0 Å². The molecule has 1 aromatic rings. The van der Waals surface area contributed by atoms with Crippen molar-refractivity contribution in [3.05, 3.63) is 35.4 Å². The topological polar surface area (TPSA) is 32.3 Å². The van der Waals surface area contributed by atoms with E-state index in [2.05, 4.69) is 5.32 Å². The van der Waals surface area contributed by atoms with Crippen LogP contribution >= 0.6 is 12.4 Å². The van der Waals surface area contributed by atoms with Gasteiger partial charge in [-0.15, -0.1) is 12.4 Å². The minimum atomic E-state index is -0.531. The molecule has 134 valence electrons. The summed E-state index contributed by atoms with van der Waals surface area (Å²) in [5.41, 5.74) is 0.0924. The van der Waals surface area contributed by atoms with E-state index in [1.54, 1.807) is 0 Å². The quantitative estimate of drug-likeness (QED) is 0.875. The van der Waals surface area contributed by atoms with Crippen molar-refractivity contribution in [2.45, 2.75) is 31.6 Å². The van der Waals surface area contributed by atoms with Crippen LogP contribution in [0.1, 0.15) is 37.2 Å². The van der Waals surface area contributed by atoms with Gasteiger partial charge in [0.15, 0.2) is 0 Å². The monoisotopic (exact) mass is 358 g/mol. The molecule has 1 N–H and O–H groups in total. The van der Waals surface area contributed by atoms with Gasteiger partial charge in [0.05, 0.1) is 0 Å². The number of amides is 1. The van der Waals surface area contributed by atoms with Gasteiger partial charge in [0.2, 0.25) is 5.91 Å². The second kappa shape index (κ2) is 8.26. The van der Waals surface area contributed by atoms with Crippen molar-refractivity contribution >= 4 is 18.3 Å². The van der Waals surface area contributed by atoms with Crippen LogP contribution in [0.15, 0.2) is 18.2 Å². The van der Waals surface area contributed by atoms with Gasteiger partial charge in [0.25, 0.3) is 0 Å². The summed E-state index contributed by atoms with van der Waals surface area (Å²) < 4.78 is 27.6. The lowest BCUT2D eigenvalue weighted by molar-refractivity contribution is -0.134. The number of rotatable bonds is 5. The second-order valence-corrected chi connectivity index (χ2v) is 6.74. The SMILES string of the molecule is CNCCC1CCN(C(=O)C2CC2c2c(F)cccc2F)CC1.Cl. The summed E-state index contributed by atoms with van der Waals surface area (Å²) >= 11 is 0. The Balaban J connectivity index is 0.00000208. The fourth-order valence-electron chi connectivity index (χ4n) is 3.68. The van der Waals surface area contributed by atoms with Crippen LogP contribution in [0.3, 0.4) is 0 Å². The molecule has 1 amide bonds. The number of halogens is 3. The predicted molar refractivity (Wildman–Crippen MR) is 92.3 cm³/mol. The first-order valence-corrected chi connectivity index (χ1v) is 8.49. The molecule has 0 spiro atoms. The molecule has 24 heavy (non-hydrogen) atoms. The Hall–Kier alpha value is -1.20. The molecule has 1 aromatic carbocycles. The number of carbonyl (C=O) groups excluding carboxylic acids is 1. The van der Waals surface area contributed by atoms with Crippen LogP contribution in [0, 0.1) is 23.5 Å². The van der Waals surface area contributed by atoms with Gasteiger partial charge in [-0.25, -0.2) is 8.78 Å². The molecule has 2 aliphatic rings. The van der Waals surface area contributed by atoms with Crippen LogP contribution in [0.4, 0.5) is 8.78 Å². The predicted octanol–water partition coefficient (Wildman–Crippen LogP) is 3.34. The van der Waals surface area contributed by atoms with Crippen LogP contribution < -0.4 is 5.32 Å². The zero-order valence-corrected chi connectivity index (χ0v) is 14.7. The van der Waals surface area contributed by atoms with Crippen LogP contribution in [-0.4, -0.2) is 37.5 Å². The first-order chi connectivity index (χ1) is 11.1. The van der Waals surface area contributed by atoms with Gasteiger partial charge in [-0.2, -0.15) is 0 Å². The summed E-state index contributed by atoms with van der Waals surface area (Å²) in [6.07, 6.45) is 3.76. The molecule has 0 aromatic heterocycles. The Bertz CT molecular complexity index is 556. The van der Waals surface area contributed by atoms with E-state index in [1.807, 2.05) is 11.9 Å². The number of nitrogens with one attached hydrogen (secondary N) is 1. The van der Waals surface area contributed by atoms with Gasteiger partial charge in [-0.05, 0) is 57.3 Å². The Morgan fingerprint density at radius 3 is 2.46 bits per heavy atom. The molecule has 3 nitrogen and oxygen atoms in total. The summed E-state index contributed by atoms with van der Waals surface area (Å²) in [5, 5.41) is 3.16. The van der Waals surface area contributed by atoms with Crippen molar-refractivity contribution in [1.82, 2.24) is 10.2 Å². The standard InChI is InChI=1S/C18H24F2N2O.ClH/c1-21-8-5-12-6-9-22(10-7-12)18(23)14-11-13(14)17-15(19)3-2-4-16(17)20;/h2-4,12-14,21H,5-11H2,1H3;1H. The molecule has 2 fully saturated rings. The Kier molecular flexibility index (Phi) is 6.58. The Morgan fingerprint density at radius 1 is 1.25 bits per heavy atom. The third kappa shape index (κ3) is 4.06. The van der Waals surface area contributed by atoms with E-state index in [-0.39, 0.29) is 35.7 Å². The normalized spacial score (nSPS) is 23.7. The van der Waals surface area contributed by atoms with Gasteiger partial charge >= 0.3 is 0 Å². The molecule has 2 atom stereocenters. The van der Waals surface area contributed by atoms with E-state index in [4.69, 9.17) is 0 Å². The first kappa shape index (κ1) is 19.1. The molecular formula is C18H25ClF2N2O. The molecule has 1 heterocycles.